The van der Waals surface area contributed by atoms with E-state index in [4.69, 9.17) is 24.3 Å². The van der Waals surface area contributed by atoms with Gasteiger partial charge in [-0.1, -0.05) is 54.6 Å². The zero-order chi connectivity index (χ0) is 28.1. The molecule has 4 aromatic carbocycles. The molecule has 0 amide bonds. The van der Waals surface area contributed by atoms with Crippen LogP contribution in [0.25, 0.3) is 22.3 Å². The number of fused-ring (bicyclic) bond motifs is 1. The molecule has 9 nitrogen and oxygen atoms in total. The Morgan fingerprint density at radius 2 is 1.57 bits per heavy atom. The highest BCUT2D eigenvalue weighted by Crippen LogP contribution is 2.38. The molecule has 200 valence electrons. The fourth-order valence-corrected chi connectivity index (χ4v) is 4.15. The Hall–Kier alpha value is -5.44. The zero-order valence-electron chi connectivity index (χ0n) is 21.8. The number of carboxylic acids is 1. The molecule has 1 heterocycles. The molecule has 1 N–H and O–H groups in total. The Bertz CT molecular complexity index is 1740. The number of methoxy groups -OCH3 is 2. The van der Waals surface area contributed by atoms with Crippen LogP contribution >= 0.6 is 0 Å². The second kappa shape index (κ2) is 11.5. The zero-order valence-corrected chi connectivity index (χ0v) is 21.8. The highest BCUT2D eigenvalue weighted by atomic mass is 16.5. The van der Waals surface area contributed by atoms with E-state index >= 15 is 0 Å². The fourth-order valence-electron chi connectivity index (χ4n) is 4.15. The predicted molar refractivity (Wildman–Crippen MR) is 152 cm³/mol. The quantitative estimate of drug-likeness (QED) is 0.257. The van der Waals surface area contributed by atoms with Crippen molar-refractivity contribution in [2.24, 2.45) is 5.10 Å². The minimum atomic E-state index is -0.995. The first-order valence-corrected chi connectivity index (χ1v) is 12.3. The number of hydrogen-bond donors (Lipinski definition) is 1. The van der Waals surface area contributed by atoms with E-state index in [1.807, 2.05) is 36.4 Å². The minimum Gasteiger partial charge on any atom is -0.493 e. The Morgan fingerprint density at radius 1 is 0.925 bits per heavy atom. The summed E-state index contributed by atoms with van der Waals surface area (Å²) in [5, 5.41) is 14.1. The molecule has 0 aliphatic carbocycles. The lowest BCUT2D eigenvalue weighted by Gasteiger charge is -2.15. The lowest BCUT2D eigenvalue weighted by molar-refractivity contribution is 0.0697. The van der Waals surface area contributed by atoms with Gasteiger partial charge in [-0.05, 0) is 42.0 Å². The topological polar surface area (TPSA) is 112 Å². The van der Waals surface area contributed by atoms with Crippen LogP contribution in [0.5, 0.6) is 17.2 Å². The molecule has 0 aliphatic heterocycles. The smallest absolute Gasteiger partial charge is 0.335 e. The molecule has 0 unspecified atom stereocenters. The van der Waals surface area contributed by atoms with Gasteiger partial charge in [-0.2, -0.15) is 9.78 Å². The van der Waals surface area contributed by atoms with Crippen LogP contribution in [0.4, 0.5) is 0 Å². The van der Waals surface area contributed by atoms with Crippen molar-refractivity contribution in [3.63, 3.8) is 0 Å². The lowest BCUT2D eigenvalue weighted by Crippen LogP contribution is -2.20. The van der Waals surface area contributed by atoms with E-state index in [0.717, 1.165) is 11.1 Å². The molecule has 40 heavy (non-hydrogen) atoms. The van der Waals surface area contributed by atoms with Gasteiger partial charge < -0.3 is 19.3 Å². The summed E-state index contributed by atoms with van der Waals surface area (Å²) in [4.78, 5) is 29.2. The molecule has 5 rings (SSSR count). The van der Waals surface area contributed by atoms with Gasteiger partial charge in [0.2, 0.25) is 5.75 Å². The molecule has 0 fully saturated rings. The molecule has 0 spiro atoms. The van der Waals surface area contributed by atoms with E-state index in [2.05, 4.69) is 5.10 Å². The van der Waals surface area contributed by atoms with Gasteiger partial charge in [-0.25, -0.2) is 9.78 Å². The van der Waals surface area contributed by atoms with Crippen LogP contribution in [-0.2, 0) is 6.61 Å². The number of hydrogen-bond acceptors (Lipinski definition) is 7. The van der Waals surface area contributed by atoms with Crippen molar-refractivity contribution >= 4 is 23.1 Å². The van der Waals surface area contributed by atoms with E-state index in [0.29, 0.717) is 39.5 Å². The first-order chi connectivity index (χ1) is 19.5. The van der Waals surface area contributed by atoms with E-state index in [1.54, 1.807) is 42.5 Å². The molecule has 0 saturated carbocycles. The summed E-state index contributed by atoms with van der Waals surface area (Å²) in [6.07, 6.45) is 1.53. The average Bonchev–Trinajstić information content (AvgIpc) is 2.99. The summed E-state index contributed by atoms with van der Waals surface area (Å²) in [7, 11) is 3.02. The number of aromatic nitrogens is 2. The lowest BCUT2D eigenvalue weighted by atomic mass is 10.1. The maximum Gasteiger partial charge on any atom is 0.335 e. The summed E-state index contributed by atoms with van der Waals surface area (Å²) in [6, 6.07) is 26.4. The molecular weight excluding hydrogens is 510 g/mol. The molecular formula is C31H25N3O6. The summed E-state index contributed by atoms with van der Waals surface area (Å²) in [6.45, 7) is 0.165. The minimum absolute atomic E-state index is 0.165. The van der Waals surface area contributed by atoms with Crippen molar-refractivity contribution in [3.05, 3.63) is 118 Å². The second-order valence-electron chi connectivity index (χ2n) is 8.73. The van der Waals surface area contributed by atoms with Crippen molar-refractivity contribution in [1.82, 2.24) is 9.66 Å². The fraction of sp³-hybridized carbons (Fsp3) is 0.0968. The summed E-state index contributed by atoms with van der Waals surface area (Å²) in [5.74, 6) is 0.587. The maximum atomic E-state index is 13.4. The van der Waals surface area contributed by atoms with Gasteiger partial charge >= 0.3 is 5.97 Å². The number of ether oxygens (including phenoxy) is 3. The van der Waals surface area contributed by atoms with Gasteiger partial charge in [0.1, 0.15) is 6.61 Å². The average molecular weight is 536 g/mol. The number of nitrogens with zero attached hydrogens (tertiary/aromatic N) is 3. The highest BCUT2D eigenvalue weighted by Gasteiger charge is 2.16. The molecule has 1 aromatic heterocycles. The monoisotopic (exact) mass is 535 g/mol. The number of carbonyl (C=O) groups is 1. The highest BCUT2D eigenvalue weighted by molar-refractivity contribution is 5.87. The van der Waals surface area contributed by atoms with E-state index < -0.39 is 5.97 Å². The summed E-state index contributed by atoms with van der Waals surface area (Å²) < 4.78 is 18.4. The van der Waals surface area contributed by atoms with Crippen LogP contribution in [0, 0.1) is 0 Å². The van der Waals surface area contributed by atoms with Crippen molar-refractivity contribution in [2.45, 2.75) is 6.61 Å². The van der Waals surface area contributed by atoms with Crippen molar-refractivity contribution < 1.29 is 24.1 Å². The number of benzene rings is 4. The molecule has 0 saturated heterocycles. The molecule has 5 aromatic rings. The van der Waals surface area contributed by atoms with Gasteiger partial charge in [-0.15, -0.1) is 0 Å². The Morgan fingerprint density at radius 3 is 2.23 bits per heavy atom. The normalized spacial score (nSPS) is 11.1. The third kappa shape index (κ3) is 5.39. The van der Waals surface area contributed by atoms with E-state index in [1.165, 1.54) is 37.2 Å². The Labute approximate surface area is 229 Å². The standard InChI is InChI=1S/C31H25N3O6/c1-38-26-16-21(17-27(39-2)28(26)40-19-20-12-14-23(15-13-20)31(36)37)18-32-34-29(22-8-4-3-5-9-22)33-25-11-7-6-10-24(25)30(34)35/h3-18H,19H2,1-2H3,(H,36,37). The number of rotatable bonds is 9. The summed E-state index contributed by atoms with van der Waals surface area (Å²) in [5.41, 5.74) is 2.60. The van der Waals surface area contributed by atoms with Crippen molar-refractivity contribution in [1.29, 1.82) is 0 Å². The van der Waals surface area contributed by atoms with Gasteiger partial charge in [0.05, 0.1) is 36.9 Å². The van der Waals surface area contributed by atoms with Gasteiger partial charge in [0.25, 0.3) is 5.56 Å². The first kappa shape index (κ1) is 26.2. The second-order valence-corrected chi connectivity index (χ2v) is 8.73. The first-order valence-electron chi connectivity index (χ1n) is 12.3. The van der Waals surface area contributed by atoms with E-state index in [9.17, 15) is 9.59 Å². The SMILES string of the molecule is COc1cc(C=Nn2c(-c3ccccc3)nc3ccccc3c2=O)cc(OC)c1OCc1ccc(C(=O)O)cc1. The predicted octanol–water partition coefficient (Wildman–Crippen LogP) is 5.24. The molecule has 0 aliphatic rings. The maximum absolute atomic E-state index is 13.4. The molecule has 9 heteroatoms. The van der Waals surface area contributed by atoms with E-state index in [-0.39, 0.29) is 17.7 Å². The van der Waals surface area contributed by atoms with Crippen LogP contribution < -0.4 is 19.8 Å². The third-order valence-corrected chi connectivity index (χ3v) is 6.18. The molecule has 0 bridgehead atoms. The third-order valence-electron chi connectivity index (χ3n) is 6.18. The number of aromatic carboxylic acids is 1. The molecule has 0 atom stereocenters. The largest absolute Gasteiger partial charge is 0.493 e. The van der Waals surface area contributed by atoms with Crippen LogP contribution in [0.2, 0.25) is 0 Å². The van der Waals surface area contributed by atoms with Crippen LogP contribution in [0.3, 0.4) is 0 Å². The van der Waals surface area contributed by atoms with Gasteiger partial charge in [-0.3, -0.25) is 4.79 Å². The van der Waals surface area contributed by atoms with Crippen molar-refractivity contribution in [3.8, 4) is 28.6 Å². The number of carboxylic acid groups (broad SMARTS) is 1. The molecule has 0 radical (unpaired) electrons. The Kier molecular flexibility index (Phi) is 7.54. The van der Waals surface area contributed by atoms with Crippen LogP contribution in [0.1, 0.15) is 21.5 Å². The number of para-hydroxylation sites is 1. The van der Waals surface area contributed by atoms with Crippen LogP contribution in [-0.4, -0.2) is 41.2 Å². The van der Waals surface area contributed by atoms with Gasteiger partial charge in [0, 0.05) is 11.1 Å². The van der Waals surface area contributed by atoms with Crippen LogP contribution in [0.15, 0.2) is 101 Å². The Balaban J connectivity index is 1.50. The van der Waals surface area contributed by atoms with Gasteiger partial charge in [0.15, 0.2) is 17.3 Å². The summed E-state index contributed by atoms with van der Waals surface area (Å²) >= 11 is 0. The van der Waals surface area contributed by atoms with Crippen molar-refractivity contribution in [2.75, 3.05) is 14.2 Å².